The molecule has 20 heavy (non-hydrogen) atoms. The molecule has 0 saturated carbocycles. The summed E-state index contributed by atoms with van der Waals surface area (Å²) >= 11 is 8.54. The molecule has 6 heteroatoms. The minimum absolute atomic E-state index is 0.0517. The van der Waals surface area contributed by atoms with Crippen LogP contribution in [0, 0.1) is 6.92 Å². The SMILES string of the molecule is CCN(CC)C(=S)NC(=O)COc1ccc(Br)cc1C. The second-order valence-electron chi connectivity index (χ2n) is 4.22. The summed E-state index contributed by atoms with van der Waals surface area (Å²) in [6, 6.07) is 5.64. The highest BCUT2D eigenvalue weighted by molar-refractivity contribution is 9.10. The first-order valence-corrected chi connectivity index (χ1v) is 7.65. The standard InChI is InChI=1S/C14H19BrN2O2S/c1-4-17(5-2)14(20)16-13(18)9-19-12-7-6-11(15)8-10(12)3/h6-8H,4-5,9H2,1-3H3,(H,16,18,20). The van der Waals surface area contributed by atoms with Gasteiger partial charge < -0.3 is 15.0 Å². The van der Waals surface area contributed by atoms with Gasteiger partial charge >= 0.3 is 0 Å². The van der Waals surface area contributed by atoms with Crippen molar-refractivity contribution in [2.75, 3.05) is 19.7 Å². The summed E-state index contributed by atoms with van der Waals surface area (Å²) in [5.41, 5.74) is 0.971. The van der Waals surface area contributed by atoms with Crippen LogP contribution in [0.2, 0.25) is 0 Å². The van der Waals surface area contributed by atoms with Gasteiger partial charge in [0.2, 0.25) is 0 Å². The second kappa shape index (κ2) is 8.21. The summed E-state index contributed by atoms with van der Waals surface area (Å²) in [6.45, 7) is 7.39. The number of aryl methyl sites for hydroxylation is 1. The van der Waals surface area contributed by atoms with Crippen LogP contribution in [-0.2, 0) is 4.79 Å². The van der Waals surface area contributed by atoms with E-state index in [9.17, 15) is 4.79 Å². The molecule has 0 heterocycles. The lowest BCUT2D eigenvalue weighted by Gasteiger charge is -2.21. The van der Waals surface area contributed by atoms with Crippen molar-refractivity contribution in [1.29, 1.82) is 0 Å². The first-order valence-electron chi connectivity index (χ1n) is 6.45. The molecule has 0 aromatic heterocycles. The largest absolute Gasteiger partial charge is 0.483 e. The van der Waals surface area contributed by atoms with Gasteiger partial charge in [-0.25, -0.2) is 0 Å². The zero-order valence-corrected chi connectivity index (χ0v) is 14.3. The van der Waals surface area contributed by atoms with Gasteiger partial charge in [0.15, 0.2) is 11.7 Å². The molecule has 1 aromatic carbocycles. The van der Waals surface area contributed by atoms with E-state index in [4.69, 9.17) is 17.0 Å². The lowest BCUT2D eigenvalue weighted by atomic mass is 10.2. The van der Waals surface area contributed by atoms with Crippen LogP contribution in [0.5, 0.6) is 5.75 Å². The minimum atomic E-state index is -0.246. The van der Waals surface area contributed by atoms with Crippen LogP contribution in [-0.4, -0.2) is 35.6 Å². The molecule has 0 spiro atoms. The number of carbonyl (C=O) groups is 1. The lowest BCUT2D eigenvalue weighted by Crippen LogP contribution is -2.44. The topological polar surface area (TPSA) is 41.6 Å². The van der Waals surface area contributed by atoms with E-state index in [0.29, 0.717) is 10.9 Å². The van der Waals surface area contributed by atoms with Gasteiger partial charge in [-0.3, -0.25) is 4.79 Å². The number of amides is 1. The van der Waals surface area contributed by atoms with Gasteiger partial charge in [0.25, 0.3) is 5.91 Å². The summed E-state index contributed by atoms with van der Waals surface area (Å²) in [6.07, 6.45) is 0. The number of halogens is 1. The average Bonchev–Trinajstić information content (AvgIpc) is 2.39. The van der Waals surface area contributed by atoms with Crippen LogP contribution >= 0.6 is 28.1 Å². The summed E-state index contributed by atoms with van der Waals surface area (Å²) in [5.74, 6) is 0.446. The number of carbonyl (C=O) groups excluding carboxylic acids is 1. The zero-order valence-electron chi connectivity index (χ0n) is 11.9. The van der Waals surface area contributed by atoms with Gasteiger partial charge in [-0.05, 0) is 56.8 Å². The monoisotopic (exact) mass is 358 g/mol. The summed E-state index contributed by atoms with van der Waals surface area (Å²) in [4.78, 5) is 13.7. The fourth-order valence-electron chi connectivity index (χ4n) is 1.66. The van der Waals surface area contributed by atoms with Crippen molar-refractivity contribution >= 4 is 39.2 Å². The molecular weight excluding hydrogens is 340 g/mol. The van der Waals surface area contributed by atoms with Gasteiger partial charge in [-0.15, -0.1) is 0 Å². The number of hydrogen-bond donors (Lipinski definition) is 1. The van der Waals surface area contributed by atoms with E-state index in [1.807, 2.05) is 43.9 Å². The molecule has 0 unspecified atom stereocenters. The molecule has 4 nitrogen and oxygen atoms in total. The van der Waals surface area contributed by atoms with Crippen molar-refractivity contribution in [3.8, 4) is 5.75 Å². The highest BCUT2D eigenvalue weighted by Crippen LogP contribution is 2.21. The third-order valence-corrected chi connectivity index (χ3v) is 3.65. The highest BCUT2D eigenvalue weighted by atomic mass is 79.9. The molecule has 1 amide bonds. The molecule has 0 aliphatic carbocycles. The van der Waals surface area contributed by atoms with Gasteiger partial charge in [0.05, 0.1) is 0 Å². The number of benzene rings is 1. The summed E-state index contributed by atoms with van der Waals surface area (Å²) in [7, 11) is 0. The number of nitrogens with one attached hydrogen (secondary N) is 1. The number of hydrogen-bond acceptors (Lipinski definition) is 3. The fraction of sp³-hybridized carbons (Fsp3) is 0.429. The maximum atomic E-state index is 11.8. The van der Waals surface area contributed by atoms with Crippen LogP contribution < -0.4 is 10.1 Å². The van der Waals surface area contributed by atoms with Crippen molar-refractivity contribution in [2.45, 2.75) is 20.8 Å². The van der Waals surface area contributed by atoms with Gasteiger partial charge in [-0.2, -0.15) is 0 Å². The van der Waals surface area contributed by atoms with Crippen LogP contribution in [0.15, 0.2) is 22.7 Å². The lowest BCUT2D eigenvalue weighted by molar-refractivity contribution is -0.121. The third-order valence-electron chi connectivity index (χ3n) is 2.79. The Morgan fingerprint density at radius 2 is 2.05 bits per heavy atom. The van der Waals surface area contributed by atoms with Crippen molar-refractivity contribution in [1.82, 2.24) is 10.2 Å². The maximum absolute atomic E-state index is 11.8. The first-order chi connectivity index (χ1) is 9.47. The Bertz CT molecular complexity index is 490. The Kier molecular flexibility index (Phi) is 6.95. The number of nitrogens with zero attached hydrogens (tertiary/aromatic N) is 1. The van der Waals surface area contributed by atoms with E-state index in [1.54, 1.807) is 0 Å². The highest BCUT2D eigenvalue weighted by Gasteiger charge is 2.10. The van der Waals surface area contributed by atoms with E-state index < -0.39 is 0 Å². The van der Waals surface area contributed by atoms with E-state index in [1.165, 1.54) is 0 Å². The Hall–Kier alpha value is -1.14. The normalized spacial score (nSPS) is 10.0. The average molecular weight is 359 g/mol. The Labute approximate surface area is 133 Å². The van der Waals surface area contributed by atoms with Crippen LogP contribution in [0.1, 0.15) is 19.4 Å². The second-order valence-corrected chi connectivity index (χ2v) is 5.53. The van der Waals surface area contributed by atoms with E-state index >= 15 is 0 Å². The van der Waals surface area contributed by atoms with E-state index in [2.05, 4.69) is 21.2 Å². The van der Waals surface area contributed by atoms with E-state index in [-0.39, 0.29) is 12.5 Å². The molecule has 0 saturated heterocycles. The van der Waals surface area contributed by atoms with Crippen LogP contribution in [0.25, 0.3) is 0 Å². The molecule has 1 N–H and O–H groups in total. The van der Waals surface area contributed by atoms with Crippen molar-refractivity contribution in [3.63, 3.8) is 0 Å². The predicted octanol–water partition coefficient (Wildman–Crippen LogP) is 2.88. The molecule has 0 bridgehead atoms. The molecular formula is C14H19BrN2O2S. The summed E-state index contributed by atoms with van der Waals surface area (Å²) < 4.78 is 6.47. The predicted molar refractivity (Wildman–Crippen MR) is 88.0 cm³/mol. The van der Waals surface area contributed by atoms with Gasteiger partial charge in [-0.1, -0.05) is 15.9 Å². The van der Waals surface area contributed by atoms with Crippen LogP contribution in [0.4, 0.5) is 0 Å². The fourth-order valence-corrected chi connectivity index (χ4v) is 2.51. The van der Waals surface area contributed by atoms with Crippen molar-refractivity contribution in [2.24, 2.45) is 0 Å². The molecule has 0 atom stereocenters. The van der Waals surface area contributed by atoms with E-state index in [0.717, 1.165) is 23.1 Å². The molecule has 0 aliphatic heterocycles. The maximum Gasteiger partial charge on any atom is 0.264 e. The zero-order chi connectivity index (χ0) is 15.1. The molecule has 110 valence electrons. The number of ether oxygens (including phenoxy) is 1. The Balaban J connectivity index is 2.49. The van der Waals surface area contributed by atoms with Gasteiger partial charge in [0, 0.05) is 17.6 Å². The minimum Gasteiger partial charge on any atom is -0.483 e. The Morgan fingerprint density at radius 1 is 1.40 bits per heavy atom. The smallest absolute Gasteiger partial charge is 0.264 e. The van der Waals surface area contributed by atoms with Crippen molar-refractivity contribution in [3.05, 3.63) is 28.2 Å². The first kappa shape index (κ1) is 16.9. The molecule has 1 rings (SSSR count). The number of thiocarbonyl (C=S) groups is 1. The molecule has 0 aliphatic rings. The Morgan fingerprint density at radius 3 is 2.60 bits per heavy atom. The van der Waals surface area contributed by atoms with Crippen LogP contribution in [0.3, 0.4) is 0 Å². The number of rotatable bonds is 5. The van der Waals surface area contributed by atoms with Crippen molar-refractivity contribution < 1.29 is 9.53 Å². The summed E-state index contributed by atoms with van der Waals surface area (Å²) in [5, 5.41) is 3.11. The quantitative estimate of drug-likeness (QED) is 0.821. The third kappa shape index (κ3) is 5.09. The molecule has 0 fully saturated rings. The molecule has 0 radical (unpaired) electrons. The van der Waals surface area contributed by atoms with Gasteiger partial charge in [0.1, 0.15) is 5.75 Å². The molecule has 1 aromatic rings.